The summed E-state index contributed by atoms with van der Waals surface area (Å²) in [5.74, 6) is -0.284. The third kappa shape index (κ3) is 3.17. The molecule has 7 heteroatoms. The second-order valence-electron chi connectivity index (χ2n) is 4.39. The Balaban J connectivity index is 2.47. The SMILES string of the molecule is Cc1cc(Sc2nc(N)cc(=O)[nH]2)c([C@H](C)O)cc1F. The molecule has 0 aliphatic carbocycles. The van der Waals surface area contributed by atoms with Crippen LogP contribution in [-0.4, -0.2) is 15.1 Å². The van der Waals surface area contributed by atoms with E-state index in [-0.39, 0.29) is 17.2 Å². The molecule has 0 aliphatic heterocycles. The van der Waals surface area contributed by atoms with Crippen LogP contribution in [-0.2, 0) is 0 Å². The summed E-state index contributed by atoms with van der Waals surface area (Å²) in [7, 11) is 0. The number of aryl methyl sites for hydroxylation is 1. The molecule has 1 aromatic heterocycles. The molecule has 4 N–H and O–H groups in total. The number of nitrogens with one attached hydrogen (secondary N) is 1. The zero-order valence-electron chi connectivity index (χ0n) is 11.0. The highest BCUT2D eigenvalue weighted by molar-refractivity contribution is 7.99. The van der Waals surface area contributed by atoms with E-state index in [0.717, 1.165) is 11.8 Å². The first-order chi connectivity index (χ1) is 9.36. The van der Waals surface area contributed by atoms with Gasteiger partial charge in [0, 0.05) is 11.0 Å². The number of nitrogens with zero attached hydrogens (tertiary/aromatic N) is 1. The van der Waals surface area contributed by atoms with Gasteiger partial charge in [-0.3, -0.25) is 4.79 Å². The first-order valence-electron chi connectivity index (χ1n) is 5.89. The Hall–Kier alpha value is -1.86. The minimum atomic E-state index is -0.833. The van der Waals surface area contributed by atoms with Crippen LogP contribution in [0.4, 0.5) is 10.2 Å². The molecule has 106 valence electrons. The van der Waals surface area contributed by atoms with Gasteiger partial charge in [0.2, 0.25) is 0 Å². The molecule has 0 saturated carbocycles. The predicted octanol–water partition coefficient (Wildman–Crippen LogP) is 2.00. The van der Waals surface area contributed by atoms with Crippen molar-refractivity contribution < 1.29 is 9.50 Å². The Bertz CT molecular complexity index is 701. The minimum Gasteiger partial charge on any atom is -0.389 e. The molecule has 20 heavy (non-hydrogen) atoms. The highest BCUT2D eigenvalue weighted by Gasteiger charge is 2.14. The Morgan fingerprint density at radius 2 is 2.15 bits per heavy atom. The van der Waals surface area contributed by atoms with Gasteiger partial charge in [-0.2, -0.15) is 0 Å². The first kappa shape index (κ1) is 14.5. The minimum absolute atomic E-state index is 0.105. The summed E-state index contributed by atoms with van der Waals surface area (Å²) in [5, 5.41) is 10.0. The number of nitrogens with two attached hydrogens (primary N) is 1. The Kier molecular flexibility index (Phi) is 4.10. The van der Waals surface area contributed by atoms with Gasteiger partial charge in [-0.1, -0.05) is 11.8 Å². The van der Waals surface area contributed by atoms with E-state index in [1.54, 1.807) is 19.9 Å². The van der Waals surface area contributed by atoms with Crippen molar-refractivity contribution in [3.63, 3.8) is 0 Å². The van der Waals surface area contributed by atoms with Crippen LogP contribution in [0.1, 0.15) is 24.2 Å². The van der Waals surface area contributed by atoms with Crippen molar-refractivity contribution in [3.8, 4) is 0 Å². The van der Waals surface area contributed by atoms with Crippen LogP contribution >= 0.6 is 11.8 Å². The van der Waals surface area contributed by atoms with Gasteiger partial charge in [-0.25, -0.2) is 9.37 Å². The molecule has 0 amide bonds. The number of hydrogen-bond acceptors (Lipinski definition) is 5. The summed E-state index contributed by atoms with van der Waals surface area (Å²) >= 11 is 1.12. The lowest BCUT2D eigenvalue weighted by Gasteiger charge is -2.13. The molecule has 0 aliphatic rings. The summed E-state index contributed by atoms with van der Waals surface area (Å²) < 4.78 is 13.6. The quantitative estimate of drug-likeness (QED) is 0.753. The third-order valence-electron chi connectivity index (χ3n) is 2.69. The molecule has 1 atom stereocenters. The fourth-order valence-electron chi connectivity index (χ4n) is 1.69. The van der Waals surface area contributed by atoms with Gasteiger partial charge in [0.1, 0.15) is 11.6 Å². The molecule has 1 aromatic carbocycles. The standard InChI is InChI=1S/C13H14FN3O2S/c1-6-3-10(8(7(2)18)4-9(6)14)20-13-16-11(15)5-12(19)17-13/h3-5,7,18H,1-2H3,(H3,15,16,17,19)/t7-/m0/s1. The Morgan fingerprint density at radius 3 is 2.75 bits per heavy atom. The number of aliphatic hydroxyl groups is 1. The average molecular weight is 295 g/mol. The lowest BCUT2D eigenvalue weighted by Crippen LogP contribution is -2.09. The number of nitrogen functional groups attached to an aromatic ring is 1. The van der Waals surface area contributed by atoms with Crippen molar-refractivity contribution in [2.45, 2.75) is 30.0 Å². The molecule has 1 heterocycles. The topological polar surface area (TPSA) is 92.0 Å². The van der Waals surface area contributed by atoms with E-state index >= 15 is 0 Å². The monoisotopic (exact) mass is 295 g/mol. The zero-order chi connectivity index (χ0) is 14.9. The summed E-state index contributed by atoms with van der Waals surface area (Å²) in [6.07, 6.45) is -0.833. The molecule has 0 bridgehead atoms. The summed E-state index contributed by atoms with van der Waals surface area (Å²) in [5.41, 5.74) is 6.03. The number of rotatable bonds is 3. The highest BCUT2D eigenvalue weighted by atomic mass is 32.2. The van der Waals surface area contributed by atoms with Gasteiger partial charge >= 0.3 is 0 Å². The van der Waals surface area contributed by atoms with Gasteiger partial charge in [0.25, 0.3) is 5.56 Å². The van der Waals surface area contributed by atoms with Crippen molar-refractivity contribution in [1.82, 2.24) is 9.97 Å². The number of halogens is 1. The van der Waals surface area contributed by atoms with E-state index < -0.39 is 6.10 Å². The van der Waals surface area contributed by atoms with Crippen molar-refractivity contribution in [2.75, 3.05) is 5.73 Å². The number of H-pyrrole nitrogens is 1. The van der Waals surface area contributed by atoms with Crippen molar-refractivity contribution in [3.05, 3.63) is 45.5 Å². The van der Waals surface area contributed by atoms with E-state index in [2.05, 4.69) is 9.97 Å². The van der Waals surface area contributed by atoms with Gasteiger partial charge in [0.05, 0.1) is 6.10 Å². The molecule has 0 saturated heterocycles. The van der Waals surface area contributed by atoms with Crippen molar-refractivity contribution in [1.29, 1.82) is 0 Å². The van der Waals surface area contributed by atoms with Crippen LogP contribution in [0.2, 0.25) is 0 Å². The lowest BCUT2D eigenvalue weighted by atomic mass is 10.1. The zero-order valence-corrected chi connectivity index (χ0v) is 11.8. The number of aromatic amines is 1. The van der Waals surface area contributed by atoms with E-state index in [1.165, 1.54) is 12.1 Å². The molecule has 0 fully saturated rings. The van der Waals surface area contributed by atoms with Crippen LogP contribution in [0.15, 0.2) is 33.0 Å². The largest absolute Gasteiger partial charge is 0.389 e. The van der Waals surface area contributed by atoms with Gasteiger partial charge in [0.15, 0.2) is 5.16 Å². The van der Waals surface area contributed by atoms with Crippen LogP contribution in [0.3, 0.4) is 0 Å². The Morgan fingerprint density at radius 1 is 1.45 bits per heavy atom. The molecule has 0 unspecified atom stereocenters. The van der Waals surface area contributed by atoms with E-state index in [1.807, 2.05) is 0 Å². The van der Waals surface area contributed by atoms with Crippen LogP contribution in [0.25, 0.3) is 0 Å². The molecule has 0 radical (unpaired) electrons. The van der Waals surface area contributed by atoms with Crippen LogP contribution < -0.4 is 11.3 Å². The van der Waals surface area contributed by atoms with Crippen molar-refractivity contribution >= 4 is 17.6 Å². The second kappa shape index (κ2) is 5.64. The molecule has 2 aromatic rings. The second-order valence-corrected chi connectivity index (χ2v) is 5.42. The maximum absolute atomic E-state index is 13.6. The van der Waals surface area contributed by atoms with Crippen LogP contribution in [0, 0.1) is 12.7 Å². The smallest absolute Gasteiger partial charge is 0.253 e. The molecular formula is C13H14FN3O2S. The molecule has 2 rings (SSSR count). The van der Waals surface area contributed by atoms with Gasteiger partial charge in [-0.15, -0.1) is 0 Å². The number of aliphatic hydroxyl groups excluding tert-OH is 1. The third-order valence-corrected chi connectivity index (χ3v) is 3.65. The number of hydrogen-bond donors (Lipinski definition) is 3. The number of anilines is 1. The fraction of sp³-hybridized carbons (Fsp3) is 0.231. The lowest BCUT2D eigenvalue weighted by molar-refractivity contribution is 0.196. The molecular weight excluding hydrogens is 281 g/mol. The normalized spacial score (nSPS) is 12.4. The summed E-state index contributed by atoms with van der Waals surface area (Å²) in [4.78, 5) is 18.5. The van der Waals surface area contributed by atoms with Crippen molar-refractivity contribution in [2.24, 2.45) is 0 Å². The Labute approximate surface area is 119 Å². The maximum Gasteiger partial charge on any atom is 0.253 e. The van der Waals surface area contributed by atoms with Gasteiger partial charge in [-0.05, 0) is 37.1 Å². The summed E-state index contributed by atoms with van der Waals surface area (Å²) in [6.45, 7) is 3.17. The first-order valence-corrected chi connectivity index (χ1v) is 6.71. The van der Waals surface area contributed by atoms with E-state index in [0.29, 0.717) is 21.2 Å². The van der Waals surface area contributed by atoms with Crippen LogP contribution in [0.5, 0.6) is 0 Å². The van der Waals surface area contributed by atoms with E-state index in [9.17, 15) is 14.3 Å². The van der Waals surface area contributed by atoms with Gasteiger partial charge < -0.3 is 15.8 Å². The maximum atomic E-state index is 13.6. The fourth-order valence-corrected chi connectivity index (χ4v) is 2.79. The average Bonchev–Trinajstić information content (AvgIpc) is 2.31. The van der Waals surface area contributed by atoms with E-state index in [4.69, 9.17) is 5.73 Å². The molecule has 5 nitrogen and oxygen atoms in total. The highest BCUT2D eigenvalue weighted by Crippen LogP contribution is 2.33. The predicted molar refractivity (Wildman–Crippen MR) is 75.2 cm³/mol. The molecule has 0 spiro atoms. The summed E-state index contributed by atoms with van der Waals surface area (Å²) in [6, 6.07) is 4.06. The number of aromatic nitrogens is 2. The number of benzene rings is 1.